The van der Waals surface area contributed by atoms with Crippen LogP contribution in [0.5, 0.6) is 0 Å². The molecule has 6 heteroatoms. The number of halogens is 1. The van der Waals surface area contributed by atoms with Crippen LogP contribution >= 0.6 is 23.5 Å². The van der Waals surface area contributed by atoms with Crippen LogP contribution in [-0.2, 0) is 4.79 Å². The van der Waals surface area contributed by atoms with E-state index in [1.54, 1.807) is 0 Å². The highest BCUT2D eigenvalue weighted by molar-refractivity contribution is 8.21. The van der Waals surface area contributed by atoms with Crippen LogP contribution in [0.1, 0.15) is 17.3 Å². The van der Waals surface area contributed by atoms with E-state index in [1.165, 1.54) is 54.7 Å². The van der Waals surface area contributed by atoms with Crippen molar-refractivity contribution in [2.45, 2.75) is 6.92 Å². The molecule has 0 atom stereocenters. The van der Waals surface area contributed by atoms with Crippen LogP contribution in [0.2, 0.25) is 0 Å². The standard InChI is InChI=1S/C13H14FNO2S2/c1-8(16)15-11-6-9(4-5-10(11)14)12(17)7-13(18-2)19-3/h4-7H,1-3H3,(H,15,16). The molecule has 0 radical (unpaired) electrons. The van der Waals surface area contributed by atoms with Crippen LogP contribution in [0.15, 0.2) is 28.5 Å². The molecule has 0 aliphatic rings. The lowest BCUT2D eigenvalue weighted by Gasteiger charge is -2.06. The summed E-state index contributed by atoms with van der Waals surface area (Å²) in [7, 11) is 0. The van der Waals surface area contributed by atoms with Gasteiger partial charge in [0.15, 0.2) is 5.78 Å². The van der Waals surface area contributed by atoms with Gasteiger partial charge >= 0.3 is 0 Å². The second kappa shape index (κ2) is 7.35. The van der Waals surface area contributed by atoms with E-state index in [0.717, 1.165) is 4.24 Å². The summed E-state index contributed by atoms with van der Waals surface area (Å²) in [6.45, 7) is 1.29. The van der Waals surface area contributed by atoms with Crippen LogP contribution in [0.4, 0.5) is 10.1 Å². The van der Waals surface area contributed by atoms with Crippen LogP contribution in [0, 0.1) is 5.82 Å². The molecule has 1 aromatic rings. The Morgan fingerprint density at radius 1 is 1.26 bits per heavy atom. The Bertz CT molecular complexity index is 523. The molecule has 0 saturated heterocycles. The highest BCUT2D eigenvalue weighted by Gasteiger charge is 2.10. The average molecular weight is 299 g/mol. The second-order valence-corrected chi connectivity index (χ2v) is 5.57. The minimum absolute atomic E-state index is 0.0154. The summed E-state index contributed by atoms with van der Waals surface area (Å²) in [5.74, 6) is -1.16. The summed E-state index contributed by atoms with van der Waals surface area (Å²) in [5.41, 5.74) is 0.354. The molecule has 0 heterocycles. The van der Waals surface area contributed by atoms with Crippen molar-refractivity contribution in [2.24, 2.45) is 0 Å². The van der Waals surface area contributed by atoms with Gasteiger partial charge in [0.05, 0.1) is 5.69 Å². The molecular weight excluding hydrogens is 285 g/mol. The zero-order valence-electron chi connectivity index (χ0n) is 10.8. The summed E-state index contributed by atoms with van der Waals surface area (Å²) >= 11 is 2.94. The normalized spacial score (nSPS) is 9.89. The SMILES string of the molecule is CSC(=CC(=O)c1ccc(F)c(NC(C)=O)c1)SC. The van der Waals surface area contributed by atoms with Gasteiger partial charge in [0.25, 0.3) is 0 Å². The molecule has 1 aromatic carbocycles. The highest BCUT2D eigenvalue weighted by Crippen LogP contribution is 2.24. The number of carbonyl (C=O) groups is 2. The monoisotopic (exact) mass is 299 g/mol. The second-order valence-electron chi connectivity index (χ2n) is 3.61. The fourth-order valence-electron chi connectivity index (χ4n) is 1.36. The number of nitrogens with one attached hydrogen (secondary N) is 1. The smallest absolute Gasteiger partial charge is 0.221 e. The number of thioether (sulfide) groups is 2. The van der Waals surface area contributed by atoms with Crippen molar-refractivity contribution in [3.8, 4) is 0 Å². The Hall–Kier alpha value is -1.27. The lowest BCUT2D eigenvalue weighted by atomic mass is 10.1. The Morgan fingerprint density at radius 2 is 1.89 bits per heavy atom. The Labute approximate surface area is 120 Å². The van der Waals surface area contributed by atoms with Gasteiger partial charge in [-0.2, -0.15) is 0 Å². The van der Waals surface area contributed by atoms with Crippen LogP contribution in [0.25, 0.3) is 0 Å². The van der Waals surface area contributed by atoms with Crippen molar-refractivity contribution in [1.29, 1.82) is 0 Å². The Morgan fingerprint density at radius 3 is 2.42 bits per heavy atom. The Kier molecular flexibility index (Phi) is 6.11. The first-order chi connectivity index (χ1) is 8.97. The fraction of sp³-hybridized carbons (Fsp3) is 0.231. The van der Waals surface area contributed by atoms with Gasteiger partial charge in [0.1, 0.15) is 5.82 Å². The minimum Gasteiger partial charge on any atom is -0.324 e. The zero-order valence-corrected chi connectivity index (χ0v) is 12.5. The van der Waals surface area contributed by atoms with Gasteiger partial charge in [-0.05, 0) is 30.7 Å². The van der Waals surface area contributed by atoms with Gasteiger partial charge in [0.2, 0.25) is 5.91 Å². The molecule has 3 nitrogen and oxygen atoms in total. The largest absolute Gasteiger partial charge is 0.324 e. The van der Waals surface area contributed by atoms with Crippen LogP contribution < -0.4 is 5.32 Å². The average Bonchev–Trinajstić information content (AvgIpc) is 2.37. The van der Waals surface area contributed by atoms with Crippen molar-refractivity contribution >= 4 is 40.9 Å². The predicted molar refractivity (Wildman–Crippen MR) is 80.1 cm³/mol. The third-order valence-electron chi connectivity index (χ3n) is 2.21. The third kappa shape index (κ3) is 4.72. The zero-order chi connectivity index (χ0) is 14.4. The van der Waals surface area contributed by atoms with Crippen LogP contribution in [-0.4, -0.2) is 24.2 Å². The quantitative estimate of drug-likeness (QED) is 0.667. The number of rotatable bonds is 5. The molecule has 0 aliphatic heterocycles. The molecule has 0 unspecified atom stereocenters. The van der Waals surface area contributed by atoms with Gasteiger partial charge in [-0.1, -0.05) is 0 Å². The number of benzene rings is 1. The molecule has 0 saturated carbocycles. The summed E-state index contributed by atoms with van der Waals surface area (Å²) in [6, 6.07) is 3.91. The summed E-state index contributed by atoms with van der Waals surface area (Å²) in [6.07, 6.45) is 5.26. The number of hydrogen-bond donors (Lipinski definition) is 1. The molecule has 1 rings (SSSR count). The topological polar surface area (TPSA) is 46.2 Å². The van der Waals surface area contributed by atoms with E-state index in [2.05, 4.69) is 5.32 Å². The van der Waals surface area contributed by atoms with E-state index in [0.29, 0.717) is 5.56 Å². The lowest BCUT2D eigenvalue weighted by molar-refractivity contribution is -0.114. The molecule has 1 N–H and O–H groups in total. The van der Waals surface area contributed by atoms with Gasteiger partial charge in [-0.3, -0.25) is 9.59 Å². The van der Waals surface area contributed by atoms with E-state index in [4.69, 9.17) is 0 Å². The highest BCUT2D eigenvalue weighted by atomic mass is 32.2. The summed E-state index contributed by atoms with van der Waals surface area (Å²) < 4.78 is 14.3. The maximum Gasteiger partial charge on any atom is 0.221 e. The number of carbonyl (C=O) groups excluding carboxylic acids is 2. The van der Waals surface area contributed by atoms with E-state index in [9.17, 15) is 14.0 Å². The third-order valence-corrected chi connectivity index (χ3v) is 4.25. The number of amides is 1. The van der Waals surface area contributed by atoms with Gasteiger partial charge in [-0.15, -0.1) is 23.5 Å². The number of hydrogen-bond acceptors (Lipinski definition) is 4. The molecule has 0 fully saturated rings. The van der Waals surface area contributed by atoms with E-state index >= 15 is 0 Å². The van der Waals surface area contributed by atoms with Crippen molar-refractivity contribution in [1.82, 2.24) is 0 Å². The molecule has 0 aromatic heterocycles. The first-order valence-corrected chi connectivity index (χ1v) is 7.84. The molecule has 0 bridgehead atoms. The van der Waals surface area contributed by atoms with E-state index in [1.807, 2.05) is 12.5 Å². The van der Waals surface area contributed by atoms with Crippen molar-refractivity contribution in [2.75, 3.05) is 17.8 Å². The first-order valence-electron chi connectivity index (χ1n) is 5.39. The number of ketones is 1. The molecule has 19 heavy (non-hydrogen) atoms. The molecular formula is C13H14FNO2S2. The molecule has 0 aliphatic carbocycles. The van der Waals surface area contributed by atoms with Gasteiger partial charge in [0, 0.05) is 22.8 Å². The Balaban J connectivity index is 3.05. The molecule has 0 spiro atoms. The van der Waals surface area contributed by atoms with E-state index in [-0.39, 0.29) is 17.4 Å². The number of anilines is 1. The summed E-state index contributed by atoms with van der Waals surface area (Å²) in [4.78, 5) is 22.9. The maximum atomic E-state index is 13.4. The maximum absolute atomic E-state index is 13.4. The molecule has 102 valence electrons. The van der Waals surface area contributed by atoms with E-state index < -0.39 is 5.82 Å². The number of allylic oxidation sites excluding steroid dienone is 1. The predicted octanol–water partition coefficient (Wildman–Crippen LogP) is 3.53. The lowest BCUT2D eigenvalue weighted by Crippen LogP contribution is -2.08. The molecule has 1 amide bonds. The van der Waals surface area contributed by atoms with Crippen molar-refractivity contribution in [3.05, 3.63) is 39.9 Å². The van der Waals surface area contributed by atoms with Gasteiger partial charge in [-0.25, -0.2) is 4.39 Å². The van der Waals surface area contributed by atoms with Gasteiger partial charge < -0.3 is 5.32 Å². The van der Waals surface area contributed by atoms with Crippen molar-refractivity contribution < 1.29 is 14.0 Å². The fourth-order valence-corrected chi connectivity index (χ4v) is 2.47. The van der Waals surface area contributed by atoms with Crippen LogP contribution in [0.3, 0.4) is 0 Å². The van der Waals surface area contributed by atoms with Crippen molar-refractivity contribution in [3.63, 3.8) is 0 Å². The first kappa shape index (κ1) is 15.8. The minimum atomic E-state index is -0.564. The summed E-state index contributed by atoms with van der Waals surface area (Å²) in [5, 5.41) is 2.35.